The van der Waals surface area contributed by atoms with Gasteiger partial charge in [-0.3, -0.25) is 0 Å². The van der Waals surface area contributed by atoms with Crippen LogP contribution in [0.1, 0.15) is 5.56 Å². The van der Waals surface area contributed by atoms with Crippen LogP contribution in [0.3, 0.4) is 0 Å². The van der Waals surface area contributed by atoms with E-state index in [4.69, 9.17) is 20.9 Å². The van der Waals surface area contributed by atoms with Crippen molar-refractivity contribution in [3.8, 4) is 11.5 Å². The normalized spacial score (nSPS) is 8.88. The predicted octanol–water partition coefficient (Wildman–Crippen LogP) is 0.899. The largest absolute Gasteiger partial charge is 0.497 e. The van der Waals surface area contributed by atoms with Crippen molar-refractivity contribution in [1.82, 2.24) is 0 Å². The Hall–Kier alpha value is -1.62. The van der Waals surface area contributed by atoms with Crippen LogP contribution in [0.5, 0.6) is 11.5 Å². The van der Waals surface area contributed by atoms with Gasteiger partial charge in [0.2, 0.25) is 0 Å². The summed E-state index contributed by atoms with van der Waals surface area (Å²) in [7, 11) is 3.19. The number of hydrogen-bond acceptors (Lipinski definition) is 3. The van der Waals surface area contributed by atoms with Gasteiger partial charge in [0.05, 0.1) is 20.8 Å². The number of halogens is 1. The van der Waals surface area contributed by atoms with E-state index >= 15 is 0 Å². The van der Waals surface area contributed by atoms with Gasteiger partial charge in [-0.1, -0.05) is 0 Å². The van der Waals surface area contributed by atoms with E-state index in [1.807, 2.05) is 12.1 Å². The Balaban J connectivity index is 0.00000225. The first-order valence-electron chi connectivity index (χ1n) is 4.43. The first-order chi connectivity index (χ1) is 7.15. The lowest BCUT2D eigenvalue weighted by atomic mass is 10.2. The van der Waals surface area contributed by atoms with Gasteiger partial charge in [0.15, 0.2) is 5.96 Å². The molecule has 0 fully saturated rings. The topological polar surface area (TPSA) is 82.9 Å². The number of nitrogens with two attached hydrogens (primary N) is 2. The molecule has 1 rings (SSSR count). The highest BCUT2D eigenvalue weighted by Crippen LogP contribution is 2.22. The quantitative estimate of drug-likeness (QED) is 0.610. The maximum Gasteiger partial charge on any atom is 0.186 e. The summed E-state index contributed by atoms with van der Waals surface area (Å²) in [6.07, 6.45) is 0. The minimum absolute atomic E-state index is 0. The molecule has 0 heterocycles. The van der Waals surface area contributed by atoms with Gasteiger partial charge in [-0.15, -0.1) is 12.4 Å². The number of guanidine groups is 1. The van der Waals surface area contributed by atoms with E-state index in [0.717, 1.165) is 17.1 Å². The molecule has 90 valence electrons. The third-order valence-corrected chi connectivity index (χ3v) is 1.86. The monoisotopic (exact) mass is 245 g/mol. The zero-order chi connectivity index (χ0) is 11.3. The van der Waals surface area contributed by atoms with Crippen molar-refractivity contribution in [1.29, 1.82) is 0 Å². The molecule has 4 N–H and O–H groups in total. The van der Waals surface area contributed by atoms with Crippen LogP contribution >= 0.6 is 12.4 Å². The van der Waals surface area contributed by atoms with Crippen LogP contribution < -0.4 is 20.9 Å². The van der Waals surface area contributed by atoms with E-state index in [1.54, 1.807) is 20.3 Å². The molecule has 0 unspecified atom stereocenters. The molecule has 0 aliphatic carbocycles. The van der Waals surface area contributed by atoms with Crippen LogP contribution in [0.2, 0.25) is 0 Å². The highest BCUT2D eigenvalue weighted by Gasteiger charge is 2.00. The molecule has 0 amide bonds. The van der Waals surface area contributed by atoms with Crippen LogP contribution in [0.15, 0.2) is 23.2 Å². The van der Waals surface area contributed by atoms with E-state index in [-0.39, 0.29) is 18.4 Å². The molecule has 0 saturated heterocycles. The molecule has 0 radical (unpaired) electrons. The fraction of sp³-hybridized carbons (Fsp3) is 0.300. The molecule has 0 bridgehead atoms. The second-order valence-corrected chi connectivity index (χ2v) is 2.96. The summed E-state index contributed by atoms with van der Waals surface area (Å²) < 4.78 is 10.2. The van der Waals surface area contributed by atoms with Crippen molar-refractivity contribution in [2.45, 2.75) is 6.54 Å². The van der Waals surface area contributed by atoms with E-state index in [0.29, 0.717) is 6.54 Å². The second kappa shape index (κ2) is 6.79. The molecule has 6 heteroatoms. The summed E-state index contributed by atoms with van der Waals surface area (Å²) in [6.45, 7) is 0.413. The van der Waals surface area contributed by atoms with Crippen LogP contribution in [0.25, 0.3) is 0 Å². The molecule has 5 nitrogen and oxygen atoms in total. The number of nitrogens with zero attached hydrogens (tertiary/aromatic N) is 1. The van der Waals surface area contributed by atoms with Gasteiger partial charge >= 0.3 is 0 Å². The molecule has 1 aromatic rings. The Labute approximate surface area is 101 Å². The highest BCUT2D eigenvalue weighted by atomic mass is 35.5. The minimum Gasteiger partial charge on any atom is -0.497 e. The molecule has 0 atom stereocenters. The number of benzene rings is 1. The molecule has 0 saturated carbocycles. The van der Waals surface area contributed by atoms with Crippen LogP contribution in [-0.2, 0) is 6.54 Å². The van der Waals surface area contributed by atoms with Gasteiger partial charge in [-0.05, 0) is 17.7 Å². The Morgan fingerprint density at radius 1 is 1.12 bits per heavy atom. The fourth-order valence-electron chi connectivity index (χ4n) is 1.14. The second-order valence-electron chi connectivity index (χ2n) is 2.96. The zero-order valence-corrected chi connectivity index (χ0v) is 10.1. The van der Waals surface area contributed by atoms with Gasteiger partial charge < -0.3 is 20.9 Å². The number of aliphatic imine (C=N–C) groups is 1. The molecule has 0 spiro atoms. The Morgan fingerprint density at radius 3 is 2.00 bits per heavy atom. The molecular weight excluding hydrogens is 230 g/mol. The number of rotatable bonds is 4. The van der Waals surface area contributed by atoms with Crippen molar-refractivity contribution in [2.24, 2.45) is 16.5 Å². The maximum absolute atomic E-state index is 5.25. The van der Waals surface area contributed by atoms with Crippen molar-refractivity contribution >= 4 is 18.4 Å². The minimum atomic E-state index is 0. The van der Waals surface area contributed by atoms with Crippen LogP contribution in [0.4, 0.5) is 0 Å². The van der Waals surface area contributed by atoms with Gasteiger partial charge in [-0.2, -0.15) is 0 Å². The van der Waals surface area contributed by atoms with Crippen LogP contribution in [-0.4, -0.2) is 20.2 Å². The highest BCUT2D eigenvalue weighted by molar-refractivity contribution is 5.85. The molecule has 1 aromatic carbocycles. The van der Waals surface area contributed by atoms with Gasteiger partial charge in [0.25, 0.3) is 0 Å². The van der Waals surface area contributed by atoms with Crippen molar-refractivity contribution in [3.05, 3.63) is 23.8 Å². The first-order valence-corrected chi connectivity index (χ1v) is 4.43. The number of methoxy groups -OCH3 is 2. The predicted molar refractivity (Wildman–Crippen MR) is 66.3 cm³/mol. The van der Waals surface area contributed by atoms with Gasteiger partial charge in [0.1, 0.15) is 11.5 Å². The average Bonchev–Trinajstić information content (AvgIpc) is 2.25. The lowest BCUT2D eigenvalue weighted by Crippen LogP contribution is -2.22. The average molecular weight is 246 g/mol. The molecular formula is C10H16ClN3O2. The summed E-state index contributed by atoms with van der Waals surface area (Å²) in [5, 5.41) is 0. The summed E-state index contributed by atoms with van der Waals surface area (Å²) in [6, 6.07) is 5.50. The summed E-state index contributed by atoms with van der Waals surface area (Å²) in [5.41, 5.74) is 11.4. The van der Waals surface area contributed by atoms with Crippen molar-refractivity contribution in [2.75, 3.05) is 14.2 Å². The van der Waals surface area contributed by atoms with E-state index in [2.05, 4.69) is 4.99 Å². The van der Waals surface area contributed by atoms with Crippen molar-refractivity contribution in [3.63, 3.8) is 0 Å². The standard InChI is InChI=1S/C10H15N3O2.ClH/c1-14-8-3-7(6-13-10(11)12)4-9(5-8)15-2;/h3-5H,6H2,1-2H3,(H4,11,12,13);1H. The van der Waals surface area contributed by atoms with Gasteiger partial charge in [0, 0.05) is 6.07 Å². The summed E-state index contributed by atoms with van der Waals surface area (Å²) in [5.74, 6) is 1.50. The Kier molecular flexibility index (Phi) is 6.10. The summed E-state index contributed by atoms with van der Waals surface area (Å²) >= 11 is 0. The fourth-order valence-corrected chi connectivity index (χ4v) is 1.14. The van der Waals surface area contributed by atoms with Crippen LogP contribution in [0, 0.1) is 0 Å². The molecule has 0 aliphatic rings. The third kappa shape index (κ3) is 4.27. The third-order valence-electron chi connectivity index (χ3n) is 1.86. The Morgan fingerprint density at radius 2 is 1.62 bits per heavy atom. The van der Waals surface area contributed by atoms with E-state index in [9.17, 15) is 0 Å². The Bertz CT molecular complexity index is 343. The molecule has 0 aromatic heterocycles. The zero-order valence-electron chi connectivity index (χ0n) is 9.27. The number of ether oxygens (including phenoxy) is 2. The summed E-state index contributed by atoms with van der Waals surface area (Å²) in [4.78, 5) is 3.91. The smallest absolute Gasteiger partial charge is 0.186 e. The van der Waals surface area contributed by atoms with Gasteiger partial charge in [-0.25, -0.2) is 4.99 Å². The van der Waals surface area contributed by atoms with E-state index in [1.165, 1.54) is 0 Å². The van der Waals surface area contributed by atoms with E-state index < -0.39 is 0 Å². The molecule has 0 aliphatic heterocycles. The SMILES string of the molecule is COc1cc(CN=C(N)N)cc(OC)c1.Cl. The lowest BCUT2D eigenvalue weighted by molar-refractivity contribution is 0.393. The molecule has 16 heavy (non-hydrogen) atoms. The number of hydrogen-bond donors (Lipinski definition) is 2. The lowest BCUT2D eigenvalue weighted by Gasteiger charge is -2.06. The maximum atomic E-state index is 5.25. The first kappa shape index (κ1) is 14.4. The van der Waals surface area contributed by atoms with Crippen molar-refractivity contribution < 1.29 is 9.47 Å².